The first kappa shape index (κ1) is 13.1. The Labute approximate surface area is 114 Å². The van der Waals surface area contributed by atoms with Crippen molar-refractivity contribution in [3.8, 4) is 0 Å². The average molecular weight is 288 g/mol. The zero-order valence-corrected chi connectivity index (χ0v) is 12.2. The number of aryl methyl sites for hydroxylation is 1. The van der Waals surface area contributed by atoms with E-state index in [1.54, 1.807) is 0 Å². The van der Waals surface area contributed by atoms with E-state index in [-0.39, 0.29) is 5.91 Å². The maximum atomic E-state index is 11.8. The summed E-state index contributed by atoms with van der Waals surface area (Å²) in [7, 11) is 0. The minimum atomic E-state index is 0.107. The third-order valence-corrected chi connectivity index (χ3v) is 5.42. The molecule has 1 atom stereocenters. The minimum absolute atomic E-state index is 0.107. The van der Waals surface area contributed by atoms with Gasteiger partial charge >= 0.3 is 0 Å². The van der Waals surface area contributed by atoms with Crippen LogP contribution in [-0.4, -0.2) is 28.9 Å². The fourth-order valence-corrected chi connectivity index (χ4v) is 4.39. The van der Waals surface area contributed by atoms with Gasteiger partial charge in [0, 0.05) is 17.1 Å². The highest BCUT2D eigenvalue weighted by atomic mass is 32.2. The molecule has 0 aromatic carbocycles. The molecule has 0 radical (unpaired) electrons. The number of hydrogen-bond acceptors (Lipinski definition) is 4. The molecule has 2 heterocycles. The third-order valence-electron chi connectivity index (χ3n) is 2.86. The standard InChI is InChI=1S/C11H16N2OS3/c1-7-9(17-11(15)13-7)4-10(14)12-5-8-2-3-16-6-8/h8H,2-6H2,1H3,(H,12,14)(H,13,15). The van der Waals surface area contributed by atoms with Gasteiger partial charge in [-0.3, -0.25) is 4.79 Å². The van der Waals surface area contributed by atoms with Crippen LogP contribution in [-0.2, 0) is 11.2 Å². The van der Waals surface area contributed by atoms with Crippen molar-refractivity contribution in [1.29, 1.82) is 0 Å². The number of aromatic nitrogens is 1. The second-order valence-electron chi connectivity index (χ2n) is 4.27. The van der Waals surface area contributed by atoms with Crippen molar-refractivity contribution in [2.75, 3.05) is 18.1 Å². The van der Waals surface area contributed by atoms with Crippen LogP contribution in [0.4, 0.5) is 0 Å². The van der Waals surface area contributed by atoms with E-state index >= 15 is 0 Å². The number of H-pyrrole nitrogens is 1. The summed E-state index contributed by atoms with van der Waals surface area (Å²) in [4.78, 5) is 15.9. The molecule has 0 aliphatic carbocycles. The average Bonchev–Trinajstić information content (AvgIpc) is 2.87. The van der Waals surface area contributed by atoms with Crippen LogP contribution in [0.25, 0.3) is 0 Å². The van der Waals surface area contributed by atoms with Crippen molar-refractivity contribution >= 4 is 41.2 Å². The van der Waals surface area contributed by atoms with Gasteiger partial charge in [0.2, 0.25) is 5.91 Å². The second-order valence-corrected chi connectivity index (χ2v) is 7.19. The molecule has 1 aromatic heterocycles. The number of thiazole rings is 1. The summed E-state index contributed by atoms with van der Waals surface area (Å²) in [6.07, 6.45) is 1.68. The van der Waals surface area contributed by atoms with Crippen molar-refractivity contribution < 1.29 is 4.79 Å². The number of nitrogens with one attached hydrogen (secondary N) is 2. The van der Waals surface area contributed by atoms with Crippen LogP contribution in [0, 0.1) is 16.8 Å². The van der Waals surface area contributed by atoms with E-state index < -0.39 is 0 Å². The van der Waals surface area contributed by atoms with Crippen molar-refractivity contribution in [3.63, 3.8) is 0 Å². The zero-order chi connectivity index (χ0) is 12.3. The van der Waals surface area contributed by atoms with Crippen LogP contribution in [0.15, 0.2) is 0 Å². The second kappa shape index (κ2) is 6.02. The molecule has 1 amide bonds. The highest BCUT2D eigenvalue weighted by molar-refractivity contribution is 7.99. The number of carbonyl (C=O) groups is 1. The Morgan fingerprint density at radius 3 is 3.06 bits per heavy atom. The van der Waals surface area contributed by atoms with E-state index in [9.17, 15) is 4.79 Å². The Hall–Kier alpha value is -0.330. The van der Waals surface area contributed by atoms with Crippen molar-refractivity contribution in [2.24, 2.45) is 5.92 Å². The largest absolute Gasteiger partial charge is 0.355 e. The molecule has 17 heavy (non-hydrogen) atoms. The van der Waals surface area contributed by atoms with Crippen LogP contribution >= 0.6 is 35.3 Å². The van der Waals surface area contributed by atoms with Gasteiger partial charge in [0.05, 0.1) is 6.42 Å². The highest BCUT2D eigenvalue weighted by Gasteiger charge is 2.16. The molecule has 0 saturated carbocycles. The smallest absolute Gasteiger partial charge is 0.225 e. The van der Waals surface area contributed by atoms with Gasteiger partial charge in [0.25, 0.3) is 0 Å². The maximum absolute atomic E-state index is 11.8. The number of rotatable bonds is 4. The molecule has 0 bridgehead atoms. The molecule has 1 fully saturated rings. The lowest BCUT2D eigenvalue weighted by Gasteiger charge is -2.09. The molecular formula is C11H16N2OS3. The van der Waals surface area contributed by atoms with Gasteiger partial charge in [0.15, 0.2) is 3.95 Å². The Bertz CT molecular complexity index is 446. The summed E-state index contributed by atoms with van der Waals surface area (Å²) in [6.45, 7) is 2.78. The predicted molar refractivity (Wildman–Crippen MR) is 76.4 cm³/mol. The number of carbonyl (C=O) groups excluding carboxylic acids is 1. The van der Waals surface area contributed by atoms with Gasteiger partial charge < -0.3 is 10.3 Å². The van der Waals surface area contributed by atoms with Gasteiger partial charge in [0.1, 0.15) is 0 Å². The van der Waals surface area contributed by atoms with Crippen molar-refractivity contribution in [1.82, 2.24) is 10.3 Å². The van der Waals surface area contributed by atoms with Gasteiger partial charge in [-0.1, -0.05) is 0 Å². The molecule has 1 aliphatic rings. The molecular weight excluding hydrogens is 272 g/mol. The lowest BCUT2D eigenvalue weighted by atomic mass is 10.1. The Kier molecular flexibility index (Phi) is 4.64. The van der Waals surface area contributed by atoms with Gasteiger partial charge in [-0.25, -0.2) is 0 Å². The van der Waals surface area contributed by atoms with Crippen LogP contribution < -0.4 is 5.32 Å². The fraction of sp³-hybridized carbons (Fsp3) is 0.636. The van der Waals surface area contributed by atoms with Crippen LogP contribution in [0.3, 0.4) is 0 Å². The number of amides is 1. The van der Waals surface area contributed by atoms with E-state index in [0.717, 1.165) is 21.1 Å². The first-order valence-corrected chi connectivity index (χ1v) is 8.06. The summed E-state index contributed by atoms with van der Waals surface area (Å²) in [5, 5.41) is 3.02. The summed E-state index contributed by atoms with van der Waals surface area (Å²) < 4.78 is 0.748. The van der Waals surface area contributed by atoms with Crippen LogP contribution in [0.1, 0.15) is 17.0 Å². The van der Waals surface area contributed by atoms with Gasteiger partial charge in [-0.05, 0) is 43.0 Å². The third kappa shape index (κ3) is 3.82. The van der Waals surface area contributed by atoms with E-state index in [0.29, 0.717) is 12.3 Å². The quantitative estimate of drug-likeness (QED) is 0.837. The zero-order valence-electron chi connectivity index (χ0n) is 9.75. The summed E-state index contributed by atoms with van der Waals surface area (Å²) in [6, 6.07) is 0. The first-order chi connectivity index (χ1) is 8.15. The van der Waals surface area contributed by atoms with Crippen molar-refractivity contribution in [2.45, 2.75) is 19.8 Å². The number of thioether (sulfide) groups is 1. The number of aromatic amines is 1. The SMILES string of the molecule is Cc1[nH]c(=S)sc1CC(=O)NCC1CCSC1. The van der Waals surface area contributed by atoms with Crippen molar-refractivity contribution in [3.05, 3.63) is 14.5 Å². The Balaban J connectivity index is 1.80. The van der Waals surface area contributed by atoms with Gasteiger partial charge in [-0.15, -0.1) is 11.3 Å². The summed E-state index contributed by atoms with van der Waals surface area (Å²) in [5.74, 6) is 3.19. The lowest BCUT2D eigenvalue weighted by Crippen LogP contribution is -2.30. The molecule has 1 saturated heterocycles. The molecule has 1 unspecified atom stereocenters. The molecule has 94 valence electrons. The predicted octanol–water partition coefficient (Wildman–Crippen LogP) is 2.53. The van der Waals surface area contributed by atoms with E-state index in [2.05, 4.69) is 10.3 Å². The lowest BCUT2D eigenvalue weighted by molar-refractivity contribution is -0.120. The molecule has 3 nitrogen and oxygen atoms in total. The molecule has 2 rings (SSSR count). The Morgan fingerprint density at radius 1 is 1.65 bits per heavy atom. The topological polar surface area (TPSA) is 44.9 Å². The monoisotopic (exact) mass is 288 g/mol. The maximum Gasteiger partial charge on any atom is 0.225 e. The first-order valence-electron chi connectivity index (χ1n) is 5.68. The molecule has 0 spiro atoms. The van der Waals surface area contributed by atoms with Gasteiger partial charge in [-0.2, -0.15) is 11.8 Å². The van der Waals surface area contributed by atoms with E-state index in [1.165, 1.54) is 29.3 Å². The van der Waals surface area contributed by atoms with Crippen LogP contribution in [0.2, 0.25) is 0 Å². The van der Waals surface area contributed by atoms with E-state index in [1.807, 2.05) is 18.7 Å². The Morgan fingerprint density at radius 2 is 2.47 bits per heavy atom. The molecule has 6 heteroatoms. The molecule has 1 aliphatic heterocycles. The number of hydrogen-bond donors (Lipinski definition) is 2. The fourth-order valence-electron chi connectivity index (χ4n) is 1.82. The van der Waals surface area contributed by atoms with E-state index in [4.69, 9.17) is 12.2 Å². The summed E-state index contributed by atoms with van der Waals surface area (Å²) >= 11 is 8.52. The normalized spacial score (nSPS) is 19.5. The van der Waals surface area contributed by atoms with Crippen LogP contribution in [0.5, 0.6) is 0 Å². The minimum Gasteiger partial charge on any atom is -0.355 e. The highest BCUT2D eigenvalue weighted by Crippen LogP contribution is 2.22. The molecule has 1 aromatic rings. The summed E-state index contributed by atoms with van der Waals surface area (Å²) in [5.41, 5.74) is 1.02. The molecule has 2 N–H and O–H groups in total.